The molecule has 1 atom stereocenters. The van der Waals surface area contributed by atoms with Crippen molar-refractivity contribution in [3.05, 3.63) is 102 Å². The van der Waals surface area contributed by atoms with Gasteiger partial charge in [-0.25, -0.2) is 0 Å². The molecule has 6 heteroatoms. The molecule has 0 aliphatic heterocycles. The number of ether oxygens (including phenoxy) is 1. The molecule has 0 saturated heterocycles. The van der Waals surface area contributed by atoms with Gasteiger partial charge in [0, 0.05) is 35.5 Å². The molecule has 0 spiro atoms. The summed E-state index contributed by atoms with van der Waals surface area (Å²) in [4.78, 5) is 16.9. The number of aromatic amines is 1. The summed E-state index contributed by atoms with van der Waals surface area (Å²) < 4.78 is 11.2. The second-order valence-electron chi connectivity index (χ2n) is 9.00. The Bertz CT molecular complexity index is 1420. The van der Waals surface area contributed by atoms with Crippen LogP contribution in [-0.2, 0) is 24.3 Å². The molecule has 2 heterocycles. The fourth-order valence-electron chi connectivity index (χ4n) is 4.41. The number of benzene rings is 3. The van der Waals surface area contributed by atoms with E-state index in [4.69, 9.17) is 9.15 Å². The first-order valence-corrected chi connectivity index (χ1v) is 11.7. The van der Waals surface area contributed by atoms with Gasteiger partial charge in [-0.2, -0.15) is 0 Å². The van der Waals surface area contributed by atoms with E-state index in [2.05, 4.69) is 21.7 Å². The summed E-state index contributed by atoms with van der Waals surface area (Å²) in [5.74, 6) is 1.51. The van der Waals surface area contributed by atoms with Gasteiger partial charge < -0.3 is 19.5 Å². The maximum absolute atomic E-state index is 13.6. The predicted octanol–water partition coefficient (Wildman–Crippen LogP) is 5.33. The number of carbonyl (C=O) groups excluding carboxylic acids is 1. The summed E-state index contributed by atoms with van der Waals surface area (Å²) in [6.07, 6.45) is 2.51. The van der Waals surface area contributed by atoms with Crippen molar-refractivity contribution in [3.63, 3.8) is 0 Å². The van der Waals surface area contributed by atoms with Crippen LogP contribution in [-0.4, -0.2) is 23.5 Å². The average molecular weight is 468 g/mol. The SMILES string of the molecule is COc1ccc(CNC(=O)C(C)(Cc2c[nH]c3ccccc23)NCc2cc3ccccc3o2)cc1. The van der Waals surface area contributed by atoms with E-state index in [1.165, 1.54) is 0 Å². The van der Waals surface area contributed by atoms with Gasteiger partial charge in [-0.05, 0) is 48.4 Å². The number of carbonyl (C=O) groups is 1. The topological polar surface area (TPSA) is 79.3 Å². The summed E-state index contributed by atoms with van der Waals surface area (Å²) in [6.45, 7) is 2.81. The number of methoxy groups -OCH3 is 1. The van der Waals surface area contributed by atoms with Crippen molar-refractivity contribution >= 4 is 27.8 Å². The average Bonchev–Trinajstić information content (AvgIpc) is 3.50. The molecule has 0 fully saturated rings. The smallest absolute Gasteiger partial charge is 0.240 e. The van der Waals surface area contributed by atoms with E-state index < -0.39 is 5.54 Å². The molecule has 3 N–H and O–H groups in total. The molecule has 6 nitrogen and oxygen atoms in total. The van der Waals surface area contributed by atoms with E-state index in [9.17, 15) is 4.79 Å². The van der Waals surface area contributed by atoms with E-state index in [1.807, 2.05) is 85.9 Å². The molecule has 178 valence electrons. The van der Waals surface area contributed by atoms with Crippen LogP contribution in [0.4, 0.5) is 0 Å². The highest BCUT2D eigenvalue weighted by Gasteiger charge is 2.34. The number of amides is 1. The Kier molecular flexibility index (Phi) is 6.29. The fourth-order valence-corrected chi connectivity index (χ4v) is 4.41. The Morgan fingerprint density at radius 2 is 1.77 bits per heavy atom. The number of hydrogen-bond acceptors (Lipinski definition) is 4. The molecule has 1 amide bonds. The van der Waals surface area contributed by atoms with E-state index in [0.29, 0.717) is 19.5 Å². The number of aromatic nitrogens is 1. The standard InChI is InChI=1S/C29H29N3O3/c1-29(16-22-18-30-26-9-5-4-8-25(22)26,28(33)31-17-20-11-13-23(34-2)14-12-20)32-19-24-15-21-7-3-6-10-27(21)35-24/h3-15,18,30,32H,16-17,19H2,1-2H3,(H,31,33). The molecule has 0 bridgehead atoms. The number of nitrogens with one attached hydrogen (secondary N) is 3. The normalized spacial score (nSPS) is 13.1. The van der Waals surface area contributed by atoms with Gasteiger partial charge in [0.25, 0.3) is 0 Å². The lowest BCUT2D eigenvalue weighted by molar-refractivity contribution is -0.127. The van der Waals surface area contributed by atoms with Crippen molar-refractivity contribution < 1.29 is 13.9 Å². The minimum atomic E-state index is -0.865. The zero-order valence-corrected chi connectivity index (χ0v) is 19.9. The van der Waals surface area contributed by atoms with Gasteiger partial charge in [-0.3, -0.25) is 10.1 Å². The van der Waals surface area contributed by atoms with E-state index in [0.717, 1.165) is 44.5 Å². The van der Waals surface area contributed by atoms with Crippen LogP contribution in [0, 0.1) is 0 Å². The third-order valence-corrected chi connectivity index (χ3v) is 6.46. The van der Waals surface area contributed by atoms with E-state index in [1.54, 1.807) is 7.11 Å². The first kappa shape index (κ1) is 22.7. The second kappa shape index (κ2) is 9.68. The van der Waals surface area contributed by atoms with Crippen LogP contribution in [0.1, 0.15) is 23.8 Å². The molecule has 2 aromatic heterocycles. The second-order valence-corrected chi connectivity index (χ2v) is 9.00. The molecule has 5 aromatic rings. The van der Waals surface area contributed by atoms with E-state index >= 15 is 0 Å². The monoisotopic (exact) mass is 467 g/mol. The molecular formula is C29H29N3O3. The third-order valence-electron chi connectivity index (χ3n) is 6.46. The van der Waals surface area contributed by atoms with Crippen molar-refractivity contribution in [3.8, 4) is 5.75 Å². The molecule has 3 aromatic carbocycles. The predicted molar refractivity (Wildman–Crippen MR) is 138 cm³/mol. The van der Waals surface area contributed by atoms with Crippen LogP contribution in [0.2, 0.25) is 0 Å². The van der Waals surface area contributed by atoms with Gasteiger partial charge in [0.15, 0.2) is 0 Å². The summed E-state index contributed by atoms with van der Waals surface area (Å²) in [6, 6.07) is 25.8. The van der Waals surface area contributed by atoms with Gasteiger partial charge in [-0.1, -0.05) is 48.5 Å². The van der Waals surface area contributed by atoms with Crippen molar-refractivity contribution in [1.29, 1.82) is 0 Å². The zero-order valence-electron chi connectivity index (χ0n) is 19.9. The third kappa shape index (κ3) is 4.93. The maximum atomic E-state index is 13.6. The first-order chi connectivity index (χ1) is 17.0. The van der Waals surface area contributed by atoms with Crippen LogP contribution >= 0.6 is 0 Å². The summed E-state index contributed by atoms with van der Waals surface area (Å²) in [7, 11) is 1.64. The highest BCUT2D eigenvalue weighted by atomic mass is 16.5. The first-order valence-electron chi connectivity index (χ1n) is 11.7. The molecule has 1 unspecified atom stereocenters. The minimum Gasteiger partial charge on any atom is -0.497 e. The lowest BCUT2D eigenvalue weighted by Gasteiger charge is -2.29. The van der Waals surface area contributed by atoms with Gasteiger partial charge in [-0.15, -0.1) is 0 Å². The minimum absolute atomic E-state index is 0.0743. The number of furan rings is 1. The summed E-state index contributed by atoms with van der Waals surface area (Å²) in [5, 5.41) is 8.77. The molecule has 0 radical (unpaired) electrons. The van der Waals surface area contributed by atoms with Crippen LogP contribution in [0.5, 0.6) is 5.75 Å². The summed E-state index contributed by atoms with van der Waals surface area (Å²) >= 11 is 0. The van der Waals surface area contributed by atoms with Gasteiger partial charge >= 0.3 is 0 Å². The van der Waals surface area contributed by atoms with Crippen LogP contribution in [0.25, 0.3) is 21.9 Å². The molecule has 0 aliphatic rings. The molecular weight excluding hydrogens is 438 g/mol. The quantitative estimate of drug-likeness (QED) is 0.274. The van der Waals surface area contributed by atoms with Crippen molar-refractivity contribution in [2.24, 2.45) is 0 Å². The van der Waals surface area contributed by atoms with Gasteiger partial charge in [0.05, 0.1) is 19.2 Å². The number of hydrogen-bond donors (Lipinski definition) is 3. The highest BCUT2D eigenvalue weighted by molar-refractivity contribution is 5.89. The molecule has 0 aliphatic carbocycles. The maximum Gasteiger partial charge on any atom is 0.240 e. The Hall–Kier alpha value is -4.03. The Morgan fingerprint density at radius 1 is 1.00 bits per heavy atom. The van der Waals surface area contributed by atoms with Crippen LogP contribution < -0.4 is 15.4 Å². The van der Waals surface area contributed by atoms with Gasteiger partial charge in [0.1, 0.15) is 17.1 Å². The number of H-pyrrole nitrogens is 1. The molecule has 35 heavy (non-hydrogen) atoms. The van der Waals surface area contributed by atoms with Crippen molar-refractivity contribution in [2.45, 2.75) is 32.0 Å². The fraction of sp³-hybridized carbons (Fsp3) is 0.207. The number of fused-ring (bicyclic) bond motifs is 2. The lowest BCUT2D eigenvalue weighted by Crippen LogP contribution is -2.55. The van der Waals surface area contributed by atoms with Crippen LogP contribution in [0.15, 0.2) is 89.5 Å². The zero-order chi connectivity index (χ0) is 24.3. The lowest BCUT2D eigenvalue weighted by atomic mass is 9.91. The highest BCUT2D eigenvalue weighted by Crippen LogP contribution is 2.25. The van der Waals surface area contributed by atoms with Crippen LogP contribution in [0.3, 0.4) is 0 Å². The Balaban J connectivity index is 1.37. The van der Waals surface area contributed by atoms with Crippen molar-refractivity contribution in [2.75, 3.05) is 7.11 Å². The molecule has 0 saturated carbocycles. The number of rotatable bonds is 9. The Morgan fingerprint density at radius 3 is 2.57 bits per heavy atom. The van der Waals surface area contributed by atoms with E-state index in [-0.39, 0.29) is 5.91 Å². The van der Waals surface area contributed by atoms with Crippen molar-refractivity contribution in [1.82, 2.24) is 15.6 Å². The van der Waals surface area contributed by atoms with Gasteiger partial charge in [0.2, 0.25) is 5.91 Å². The Labute approximate surface area is 204 Å². The molecule has 5 rings (SSSR count). The largest absolute Gasteiger partial charge is 0.497 e. The summed E-state index contributed by atoms with van der Waals surface area (Å²) in [5.41, 5.74) is 3.12. The number of para-hydroxylation sites is 2.